The highest BCUT2D eigenvalue weighted by Gasteiger charge is 2.31. The van der Waals surface area contributed by atoms with Crippen LogP contribution in [-0.4, -0.2) is 30.8 Å². The minimum absolute atomic E-state index is 0.0213. The van der Waals surface area contributed by atoms with Gasteiger partial charge in [-0.1, -0.05) is 12.1 Å². The molecule has 34 heavy (non-hydrogen) atoms. The molecule has 13 heteroatoms. The number of aliphatic hydroxyl groups excluding tert-OH is 1. The zero-order valence-corrected chi connectivity index (χ0v) is 17.2. The molecular weight excluding hydrogens is 463 g/mol. The van der Waals surface area contributed by atoms with Crippen LogP contribution in [-0.2, 0) is 11.0 Å². The second kappa shape index (κ2) is 8.33. The third kappa shape index (κ3) is 4.12. The molecule has 0 unspecified atom stereocenters. The number of aromatic nitrogens is 4. The van der Waals surface area contributed by atoms with Gasteiger partial charge >= 0.3 is 6.18 Å². The van der Waals surface area contributed by atoms with Gasteiger partial charge in [0.2, 0.25) is 0 Å². The molecule has 0 radical (unpaired) electrons. The average Bonchev–Trinajstić information content (AvgIpc) is 3.12. The Bertz CT molecular complexity index is 1420. The Balaban J connectivity index is 1.64. The van der Waals surface area contributed by atoms with Crippen LogP contribution in [0.2, 0.25) is 0 Å². The fourth-order valence-corrected chi connectivity index (χ4v) is 3.32. The van der Waals surface area contributed by atoms with Gasteiger partial charge in [0, 0.05) is 12.1 Å². The van der Waals surface area contributed by atoms with E-state index in [0.29, 0.717) is 23.3 Å². The van der Waals surface area contributed by atoms with E-state index >= 15 is 0 Å². The molecule has 8 nitrogen and oxygen atoms in total. The zero-order valence-electron chi connectivity index (χ0n) is 17.2. The minimum atomic E-state index is -4.69. The summed E-state index contributed by atoms with van der Waals surface area (Å²) < 4.78 is 69.3. The lowest BCUT2D eigenvalue weighted by molar-refractivity contribution is -0.138. The summed E-state index contributed by atoms with van der Waals surface area (Å²) in [7, 11) is 0. The maximum absolute atomic E-state index is 14.9. The van der Waals surface area contributed by atoms with Gasteiger partial charge < -0.3 is 16.2 Å². The number of alkyl halides is 3. The van der Waals surface area contributed by atoms with Crippen molar-refractivity contribution in [3.63, 3.8) is 0 Å². The second-order valence-corrected chi connectivity index (χ2v) is 7.25. The van der Waals surface area contributed by atoms with Gasteiger partial charge in [-0.15, -0.1) is 0 Å². The summed E-state index contributed by atoms with van der Waals surface area (Å²) in [4.78, 5) is 20.2. The number of nitrogens with zero attached hydrogens (tertiary/aromatic N) is 4. The van der Waals surface area contributed by atoms with Crippen LogP contribution in [0.25, 0.3) is 16.7 Å². The van der Waals surface area contributed by atoms with Crippen molar-refractivity contribution in [3.8, 4) is 5.69 Å². The number of aryl methyl sites for hydroxylation is 1. The molecule has 1 atom stereocenters. The average molecular weight is 478 g/mol. The SMILES string of the molecule is Cc1nn(-c2cc(F)c(NC(=O)[C@H](O)c3cccc(C(F)(F)F)c3)cc2F)c2c(N)ncnc12. The Morgan fingerprint density at radius 1 is 1.15 bits per heavy atom. The number of benzene rings is 2. The molecule has 2 aromatic heterocycles. The highest BCUT2D eigenvalue weighted by atomic mass is 19.4. The van der Waals surface area contributed by atoms with Crippen molar-refractivity contribution in [1.29, 1.82) is 0 Å². The van der Waals surface area contributed by atoms with Crippen molar-refractivity contribution in [2.24, 2.45) is 0 Å². The Morgan fingerprint density at radius 2 is 1.88 bits per heavy atom. The quantitative estimate of drug-likeness (QED) is 0.385. The van der Waals surface area contributed by atoms with Crippen LogP contribution in [0.4, 0.5) is 33.5 Å². The number of anilines is 2. The lowest BCUT2D eigenvalue weighted by atomic mass is 10.0. The summed E-state index contributed by atoms with van der Waals surface area (Å²) in [6.45, 7) is 1.59. The second-order valence-electron chi connectivity index (χ2n) is 7.25. The summed E-state index contributed by atoms with van der Waals surface area (Å²) in [6.07, 6.45) is -5.57. The Labute approximate surface area is 187 Å². The molecule has 0 aliphatic heterocycles. The molecule has 4 N–H and O–H groups in total. The molecule has 4 rings (SSSR count). The zero-order chi connectivity index (χ0) is 24.8. The van der Waals surface area contributed by atoms with Crippen LogP contribution >= 0.6 is 0 Å². The van der Waals surface area contributed by atoms with Crippen LogP contribution in [0.1, 0.15) is 22.9 Å². The van der Waals surface area contributed by atoms with E-state index in [4.69, 9.17) is 5.73 Å². The maximum atomic E-state index is 14.9. The van der Waals surface area contributed by atoms with E-state index in [-0.39, 0.29) is 22.6 Å². The first-order valence-electron chi connectivity index (χ1n) is 9.58. The van der Waals surface area contributed by atoms with Crippen LogP contribution in [0, 0.1) is 18.6 Å². The van der Waals surface area contributed by atoms with Gasteiger partial charge in [-0.3, -0.25) is 4.79 Å². The molecule has 4 aromatic rings. The standard InChI is InChI=1S/C21H15F5N6O2/c1-9-16-17(19(27)29-8-28-16)32(31-9)15-7-12(22)14(6-13(15)23)30-20(34)18(33)10-3-2-4-11(5-10)21(24,25)26/h2-8,18,33H,1H3,(H,30,34)(H2,27,28,29)/t18-/m1/s1. The molecule has 0 saturated heterocycles. The third-order valence-corrected chi connectivity index (χ3v) is 4.96. The maximum Gasteiger partial charge on any atom is 0.416 e. The molecule has 176 valence electrons. The molecular formula is C21H15F5N6O2. The molecule has 2 heterocycles. The van der Waals surface area contributed by atoms with Crippen molar-refractivity contribution < 1.29 is 31.9 Å². The van der Waals surface area contributed by atoms with Crippen molar-refractivity contribution >= 4 is 28.4 Å². The number of carbonyl (C=O) groups is 1. The highest BCUT2D eigenvalue weighted by Crippen LogP contribution is 2.32. The summed E-state index contributed by atoms with van der Waals surface area (Å²) in [6, 6.07) is 4.83. The summed E-state index contributed by atoms with van der Waals surface area (Å²) in [5, 5.41) is 16.2. The molecule has 1 amide bonds. The molecule has 0 saturated carbocycles. The normalized spacial score (nSPS) is 12.7. The predicted octanol–water partition coefficient (Wildman–Crippen LogP) is 3.68. The van der Waals surface area contributed by atoms with E-state index in [1.807, 2.05) is 5.32 Å². The Hall–Kier alpha value is -4.13. The fourth-order valence-electron chi connectivity index (χ4n) is 3.32. The Kier molecular flexibility index (Phi) is 5.65. The van der Waals surface area contributed by atoms with E-state index in [1.165, 1.54) is 6.33 Å². The number of nitrogen functional groups attached to an aromatic ring is 1. The molecule has 0 fully saturated rings. The molecule has 2 aromatic carbocycles. The van der Waals surface area contributed by atoms with Crippen LogP contribution in [0.5, 0.6) is 0 Å². The van der Waals surface area contributed by atoms with E-state index in [9.17, 15) is 31.9 Å². The van der Waals surface area contributed by atoms with Gasteiger partial charge in [0.15, 0.2) is 17.7 Å². The molecule has 0 aliphatic rings. The highest BCUT2D eigenvalue weighted by molar-refractivity contribution is 5.95. The van der Waals surface area contributed by atoms with Gasteiger partial charge in [-0.05, 0) is 24.6 Å². The van der Waals surface area contributed by atoms with E-state index in [2.05, 4.69) is 15.1 Å². The first-order chi connectivity index (χ1) is 16.0. The van der Waals surface area contributed by atoms with E-state index < -0.39 is 41.1 Å². The third-order valence-electron chi connectivity index (χ3n) is 4.96. The lowest BCUT2D eigenvalue weighted by Crippen LogP contribution is -2.22. The largest absolute Gasteiger partial charge is 0.416 e. The number of halogens is 5. The number of nitrogens with two attached hydrogens (primary N) is 1. The first kappa shape index (κ1) is 23.0. The van der Waals surface area contributed by atoms with Crippen LogP contribution in [0.15, 0.2) is 42.7 Å². The summed E-state index contributed by atoms with van der Waals surface area (Å²) >= 11 is 0. The van der Waals surface area contributed by atoms with Gasteiger partial charge in [0.1, 0.15) is 28.9 Å². The number of carbonyl (C=O) groups excluding carboxylic acids is 1. The van der Waals surface area contributed by atoms with Gasteiger partial charge in [-0.2, -0.15) is 18.3 Å². The topological polar surface area (TPSA) is 119 Å². The molecule has 0 spiro atoms. The van der Waals surface area contributed by atoms with Crippen molar-refractivity contribution in [2.45, 2.75) is 19.2 Å². The lowest BCUT2D eigenvalue weighted by Gasteiger charge is -2.15. The van der Waals surface area contributed by atoms with E-state index in [1.54, 1.807) is 6.92 Å². The minimum Gasteiger partial charge on any atom is -0.382 e. The summed E-state index contributed by atoms with van der Waals surface area (Å²) in [5.41, 5.74) is 4.24. The monoisotopic (exact) mass is 478 g/mol. The van der Waals surface area contributed by atoms with Crippen molar-refractivity contribution in [2.75, 3.05) is 11.1 Å². The van der Waals surface area contributed by atoms with E-state index in [0.717, 1.165) is 28.9 Å². The molecule has 0 bridgehead atoms. The number of amides is 1. The van der Waals surface area contributed by atoms with Gasteiger partial charge in [0.05, 0.1) is 16.9 Å². The number of fused-ring (bicyclic) bond motifs is 1. The number of nitrogens with one attached hydrogen (secondary N) is 1. The van der Waals surface area contributed by atoms with Crippen LogP contribution in [0.3, 0.4) is 0 Å². The Morgan fingerprint density at radius 3 is 2.59 bits per heavy atom. The van der Waals surface area contributed by atoms with Gasteiger partial charge in [0.25, 0.3) is 5.91 Å². The molecule has 0 aliphatic carbocycles. The number of rotatable bonds is 4. The predicted molar refractivity (Wildman–Crippen MR) is 111 cm³/mol. The first-order valence-corrected chi connectivity index (χ1v) is 9.58. The number of aliphatic hydroxyl groups is 1. The van der Waals surface area contributed by atoms with Crippen molar-refractivity contribution in [3.05, 3.63) is 71.2 Å². The number of hydrogen-bond acceptors (Lipinski definition) is 6. The van der Waals surface area contributed by atoms with Crippen molar-refractivity contribution in [1.82, 2.24) is 19.7 Å². The van der Waals surface area contributed by atoms with Crippen LogP contribution < -0.4 is 11.1 Å². The summed E-state index contributed by atoms with van der Waals surface area (Å²) in [5.74, 6) is -3.40. The fraction of sp³-hybridized carbons (Fsp3) is 0.143. The smallest absolute Gasteiger partial charge is 0.382 e. The number of hydrogen-bond donors (Lipinski definition) is 3. The van der Waals surface area contributed by atoms with Gasteiger partial charge in [-0.25, -0.2) is 23.4 Å².